The summed E-state index contributed by atoms with van der Waals surface area (Å²) in [7, 11) is 0. The van der Waals surface area contributed by atoms with Crippen LogP contribution in [0.3, 0.4) is 0 Å². The summed E-state index contributed by atoms with van der Waals surface area (Å²) >= 11 is 0. The van der Waals surface area contributed by atoms with Crippen LogP contribution >= 0.6 is 0 Å². The SMILES string of the molecule is CCCNC(CCCC1CCC2(CCCCC2)O1)C1CC1. The van der Waals surface area contributed by atoms with E-state index < -0.39 is 0 Å². The van der Waals surface area contributed by atoms with Crippen molar-refractivity contribution in [2.24, 2.45) is 5.92 Å². The molecule has 0 bridgehead atoms. The Morgan fingerprint density at radius 1 is 1.10 bits per heavy atom. The molecule has 0 aromatic heterocycles. The first-order chi connectivity index (χ1) is 10.3. The van der Waals surface area contributed by atoms with Crippen molar-refractivity contribution in [1.29, 1.82) is 0 Å². The smallest absolute Gasteiger partial charge is 0.0687 e. The molecule has 2 heteroatoms. The molecule has 1 N–H and O–H groups in total. The molecule has 0 aromatic rings. The van der Waals surface area contributed by atoms with Crippen LogP contribution in [0.4, 0.5) is 0 Å². The van der Waals surface area contributed by atoms with Gasteiger partial charge < -0.3 is 10.1 Å². The first-order valence-electron chi connectivity index (χ1n) is 9.72. The van der Waals surface area contributed by atoms with E-state index >= 15 is 0 Å². The molecule has 2 saturated carbocycles. The lowest BCUT2D eigenvalue weighted by molar-refractivity contribution is -0.0662. The zero-order chi connectivity index (χ0) is 14.5. The topological polar surface area (TPSA) is 21.3 Å². The molecule has 2 unspecified atom stereocenters. The van der Waals surface area contributed by atoms with Crippen LogP contribution in [0.2, 0.25) is 0 Å². The number of ether oxygens (including phenoxy) is 1. The maximum absolute atomic E-state index is 6.51. The zero-order valence-corrected chi connectivity index (χ0v) is 14.0. The second-order valence-electron chi connectivity index (χ2n) is 7.85. The van der Waals surface area contributed by atoms with E-state index in [1.165, 1.54) is 90.0 Å². The summed E-state index contributed by atoms with van der Waals surface area (Å²) in [4.78, 5) is 0. The minimum atomic E-state index is 0.319. The summed E-state index contributed by atoms with van der Waals surface area (Å²) in [5.74, 6) is 0.991. The summed E-state index contributed by atoms with van der Waals surface area (Å²) in [6, 6.07) is 0.801. The summed E-state index contributed by atoms with van der Waals surface area (Å²) in [6.07, 6.45) is 18.4. The van der Waals surface area contributed by atoms with Crippen molar-refractivity contribution in [2.75, 3.05) is 6.54 Å². The van der Waals surface area contributed by atoms with Crippen LogP contribution in [0.5, 0.6) is 0 Å². The molecule has 1 heterocycles. The first kappa shape index (κ1) is 15.8. The van der Waals surface area contributed by atoms with Crippen molar-refractivity contribution >= 4 is 0 Å². The van der Waals surface area contributed by atoms with Gasteiger partial charge in [-0.1, -0.05) is 26.2 Å². The maximum atomic E-state index is 6.51. The Balaban J connectivity index is 1.35. The number of hydrogen-bond donors (Lipinski definition) is 1. The quantitative estimate of drug-likeness (QED) is 0.693. The minimum Gasteiger partial charge on any atom is -0.372 e. The molecule has 1 spiro atoms. The summed E-state index contributed by atoms with van der Waals surface area (Å²) in [6.45, 7) is 3.47. The largest absolute Gasteiger partial charge is 0.372 e. The Bertz CT molecular complexity index is 307. The minimum absolute atomic E-state index is 0.319. The van der Waals surface area contributed by atoms with Crippen molar-refractivity contribution < 1.29 is 4.74 Å². The molecule has 2 atom stereocenters. The lowest BCUT2D eigenvalue weighted by Gasteiger charge is -2.33. The van der Waals surface area contributed by atoms with Crippen molar-refractivity contribution in [3.63, 3.8) is 0 Å². The zero-order valence-electron chi connectivity index (χ0n) is 14.0. The van der Waals surface area contributed by atoms with E-state index in [4.69, 9.17) is 4.74 Å². The Labute approximate surface area is 131 Å². The van der Waals surface area contributed by atoms with Crippen LogP contribution in [0.15, 0.2) is 0 Å². The number of rotatable bonds is 8. The highest BCUT2D eigenvalue weighted by Crippen LogP contribution is 2.43. The average Bonchev–Trinajstić information content (AvgIpc) is 3.28. The van der Waals surface area contributed by atoms with Gasteiger partial charge in [-0.25, -0.2) is 0 Å². The van der Waals surface area contributed by atoms with Crippen LogP contribution in [0.1, 0.15) is 90.4 Å². The molecule has 1 saturated heterocycles. The summed E-state index contributed by atoms with van der Waals surface area (Å²) in [5.41, 5.74) is 0.319. The molecule has 0 aromatic carbocycles. The fraction of sp³-hybridized carbons (Fsp3) is 1.00. The molecule has 3 rings (SSSR count). The molecule has 3 aliphatic rings. The van der Waals surface area contributed by atoms with E-state index in [1.807, 2.05) is 0 Å². The van der Waals surface area contributed by atoms with E-state index in [2.05, 4.69) is 12.2 Å². The van der Waals surface area contributed by atoms with Crippen molar-refractivity contribution in [3.8, 4) is 0 Å². The van der Waals surface area contributed by atoms with Gasteiger partial charge in [-0.15, -0.1) is 0 Å². The van der Waals surface area contributed by atoms with Gasteiger partial charge in [0, 0.05) is 6.04 Å². The molecule has 1 aliphatic heterocycles. The van der Waals surface area contributed by atoms with E-state index in [1.54, 1.807) is 0 Å². The normalized spacial score (nSPS) is 29.9. The standard InChI is InChI=1S/C19H35NO/c1-2-15-20-18(16-9-10-16)8-6-7-17-11-14-19(21-17)12-4-3-5-13-19/h16-18,20H,2-15H2,1H3. The maximum Gasteiger partial charge on any atom is 0.0687 e. The Morgan fingerprint density at radius 3 is 2.62 bits per heavy atom. The summed E-state index contributed by atoms with van der Waals surface area (Å²) in [5, 5.41) is 3.77. The second kappa shape index (κ2) is 7.46. The molecular weight excluding hydrogens is 258 g/mol. The first-order valence-corrected chi connectivity index (χ1v) is 9.72. The predicted molar refractivity (Wildman–Crippen MR) is 88.6 cm³/mol. The van der Waals surface area contributed by atoms with Crippen LogP contribution in [0, 0.1) is 5.92 Å². The monoisotopic (exact) mass is 293 g/mol. The Morgan fingerprint density at radius 2 is 1.90 bits per heavy atom. The van der Waals surface area contributed by atoms with E-state index in [9.17, 15) is 0 Å². The summed E-state index contributed by atoms with van der Waals surface area (Å²) < 4.78 is 6.51. The molecule has 2 nitrogen and oxygen atoms in total. The van der Waals surface area contributed by atoms with E-state index in [0.717, 1.165) is 12.0 Å². The molecule has 21 heavy (non-hydrogen) atoms. The van der Waals surface area contributed by atoms with Crippen LogP contribution in [-0.2, 0) is 4.74 Å². The molecule has 122 valence electrons. The van der Waals surface area contributed by atoms with Gasteiger partial charge >= 0.3 is 0 Å². The highest BCUT2D eigenvalue weighted by atomic mass is 16.5. The van der Waals surface area contributed by atoms with Crippen LogP contribution in [-0.4, -0.2) is 24.3 Å². The molecule has 0 amide bonds. The van der Waals surface area contributed by atoms with Gasteiger partial charge in [0.2, 0.25) is 0 Å². The van der Waals surface area contributed by atoms with Gasteiger partial charge in [-0.05, 0) is 76.7 Å². The molecular formula is C19H35NO. The Kier molecular flexibility index (Phi) is 5.61. The average molecular weight is 293 g/mol. The van der Waals surface area contributed by atoms with Gasteiger partial charge in [0.25, 0.3) is 0 Å². The van der Waals surface area contributed by atoms with Gasteiger partial charge in [0.1, 0.15) is 0 Å². The van der Waals surface area contributed by atoms with Gasteiger partial charge in [0.05, 0.1) is 11.7 Å². The van der Waals surface area contributed by atoms with Crippen molar-refractivity contribution in [1.82, 2.24) is 5.32 Å². The molecule has 3 fully saturated rings. The lowest BCUT2D eigenvalue weighted by atomic mass is 9.83. The second-order valence-corrected chi connectivity index (χ2v) is 7.85. The van der Waals surface area contributed by atoms with Crippen LogP contribution < -0.4 is 5.32 Å². The van der Waals surface area contributed by atoms with Gasteiger partial charge in [-0.3, -0.25) is 0 Å². The third-order valence-electron chi connectivity index (χ3n) is 5.99. The third-order valence-corrected chi connectivity index (χ3v) is 5.99. The number of nitrogens with one attached hydrogen (secondary N) is 1. The van der Waals surface area contributed by atoms with Gasteiger partial charge in [0.15, 0.2) is 0 Å². The predicted octanol–water partition coefficient (Wildman–Crippen LogP) is 4.82. The van der Waals surface area contributed by atoms with E-state index in [-0.39, 0.29) is 0 Å². The van der Waals surface area contributed by atoms with Crippen LogP contribution in [0.25, 0.3) is 0 Å². The van der Waals surface area contributed by atoms with Gasteiger partial charge in [-0.2, -0.15) is 0 Å². The lowest BCUT2D eigenvalue weighted by Crippen LogP contribution is -2.32. The molecule has 2 aliphatic carbocycles. The fourth-order valence-corrected chi connectivity index (χ4v) is 4.56. The fourth-order valence-electron chi connectivity index (χ4n) is 4.56. The third kappa shape index (κ3) is 4.45. The van der Waals surface area contributed by atoms with E-state index in [0.29, 0.717) is 11.7 Å². The van der Waals surface area contributed by atoms with Crippen molar-refractivity contribution in [3.05, 3.63) is 0 Å². The highest BCUT2D eigenvalue weighted by Gasteiger charge is 2.40. The Hall–Kier alpha value is -0.0800. The highest BCUT2D eigenvalue weighted by molar-refractivity contribution is 4.92. The van der Waals surface area contributed by atoms with Crippen molar-refractivity contribution in [2.45, 2.75) is 108 Å². The molecule has 0 radical (unpaired) electrons. The number of hydrogen-bond acceptors (Lipinski definition) is 2.